The highest BCUT2D eigenvalue weighted by Gasteiger charge is 2.38. The standard InChI is InChI=1S/C14H21N3O/c1-4-18-11-7-5-6-10(8-11)12-9-13(12)16-14(15)17(2)3/h5-8,12-13H,4,9H2,1-3H3,(H2,15,16)/t12-,13+/m0/s1. The van der Waals surface area contributed by atoms with Crippen molar-refractivity contribution in [3.05, 3.63) is 29.8 Å². The van der Waals surface area contributed by atoms with E-state index in [-0.39, 0.29) is 0 Å². The lowest BCUT2D eigenvalue weighted by molar-refractivity contribution is 0.340. The fraction of sp³-hybridized carbons (Fsp3) is 0.500. The summed E-state index contributed by atoms with van der Waals surface area (Å²) in [6, 6.07) is 8.59. The van der Waals surface area contributed by atoms with Gasteiger partial charge in [-0.25, -0.2) is 4.99 Å². The lowest BCUT2D eigenvalue weighted by Crippen LogP contribution is -2.30. The molecule has 2 N–H and O–H groups in total. The molecule has 0 bridgehead atoms. The molecule has 2 rings (SSSR count). The molecule has 18 heavy (non-hydrogen) atoms. The number of rotatable bonds is 4. The van der Waals surface area contributed by atoms with Crippen LogP contribution in [-0.4, -0.2) is 37.6 Å². The minimum absolute atomic E-state index is 0.323. The number of benzene rings is 1. The summed E-state index contributed by atoms with van der Waals surface area (Å²) in [4.78, 5) is 6.34. The summed E-state index contributed by atoms with van der Waals surface area (Å²) in [5.41, 5.74) is 7.12. The van der Waals surface area contributed by atoms with Gasteiger partial charge in [0.05, 0.1) is 12.6 Å². The molecular formula is C14H21N3O. The van der Waals surface area contributed by atoms with Crippen molar-refractivity contribution in [1.82, 2.24) is 4.90 Å². The topological polar surface area (TPSA) is 50.9 Å². The van der Waals surface area contributed by atoms with E-state index in [1.807, 2.05) is 38.1 Å². The van der Waals surface area contributed by atoms with Crippen LogP contribution >= 0.6 is 0 Å². The van der Waals surface area contributed by atoms with E-state index in [1.165, 1.54) is 5.56 Å². The Bertz CT molecular complexity index is 442. The Kier molecular flexibility index (Phi) is 3.75. The lowest BCUT2D eigenvalue weighted by Gasteiger charge is -2.10. The number of aliphatic imine (C=N–C) groups is 1. The Labute approximate surface area is 108 Å². The van der Waals surface area contributed by atoms with E-state index in [4.69, 9.17) is 10.5 Å². The summed E-state index contributed by atoms with van der Waals surface area (Å²) < 4.78 is 5.51. The molecule has 1 aliphatic rings. The minimum atomic E-state index is 0.323. The first kappa shape index (κ1) is 12.7. The molecule has 0 heterocycles. The van der Waals surface area contributed by atoms with Gasteiger partial charge in [0, 0.05) is 20.0 Å². The molecule has 4 heteroatoms. The second kappa shape index (κ2) is 5.29. The number of ether oxygens (including phenoxy) is 1. The van der Waals surface area contributed by atoms with Gasteiger partial charge in [0.1, 0.15) is 5.75 Å². The van der Waals surface area contributed by atoms with Crippen LogP contribution in [0.3, 0.4) is 0 Å². The van der Waals surface area contributed by atoms with Crippen LogP contribution < -0.4 is 10.5 Å². The minimum Gasteiger partial charge on any atom is -0.494 e. The summed E-state index contributed by atoms with van der Waals surface area (Å²) in [5, 5.41) is 0. The normalized spacial score (nSPS) is 22.7. The molecule has 98 valence electrons. The largest absolute Gasteiger partial charge is 0.494 e. The van der Waals surface area contributed by atoms with Crippen molar-refractivity contribution < 1.29 is 4.74 Å². The van der Waals surface area contributed by atoms with Gasteiger partial charge in [-0.2, -0.15) is 0 Å². The molecule has 1 aliphatic carbocycles. The Morgan fingerprint density at radius 3 is 2.94 bits per heavy atom. The van der Waals surface area contributed by atoms with Crippen molar-refractivity contribution >= 4 is 5.96 Å². The van der Waals surface area contributed by atoms with Crippen molar-refractivity contribution in [2.24, 2.45) is 10.7 Å². The fourth-order valence-corrected chi connectivity index (χ4v) is 1.97. The highest BCUT2D eigenvalue weighted by atomic mass is 16.5. The zero-order chi connectivity index (χ0) is 13.1. The molecule has 0 aromatic heterocycles. The quantitative estimate of drug-likeness (QED) is 0.652. The van der Waals surface area contributed by atoms with Gasteiger partial charge in [0.25, 0.3) is 0 Å². The van der Waals surface area contributed by atoms with Gasteiger partial charge in [-0.15, -0.1) is 0 Å². The summed E-state index contributed by atoms with van der Waals surface area (Å²) in [7, 11) is 3.82. The van der Waals surface area contributed by atoms with Crippen LogP contribution in [0.15, 0.2) is 29.3 Å². The molecule has 1 saturated carbocycles. The smallest absolute Gasteiger partial charge is 0.191 e. The summed E-state index contributed by atoms with van der Waals surface area (Å²) >= 11 is 0. The SMILES string of the molecule is CCOc1cccc([C@@H]2C[C@H]2N=C(N)N(C)C)c1. The molecule has 0 amide bonds. The van der Waals surface area contributed by atoms with Crippen LogP contribution in [0, 0.1) is 0 Å². The first-order chi connectivity index (χ1) is 8.61. The van der Waals surface area contributed by atoms with Crippen LogP contribution in [0.25, 0.3) is 0 Å². The van der Waals surface area contributed by atoms with Gasteiger partial charge in [-0.05, 0) is 31.0 Å². The zero-order valence-electron chi connectivity index (χ0n) is 11.3. The van der Waals surface area contributed by atoms with E-state index in [9.17, 15) is 0 Å². The van der Waals surface area contributed by atoms with E-state index >= 15 is 0 Å². The molecule has 0 saturated heterocycles. The Balaban J connectivity index is 2.03. The molecule has 2 atom stereocenters. The van der Waals surface area contributed by atoms with Crippen LogP contribution in [0.1, 0.15) is 24.8 Å². The maximum atomic E-state index is 5.83. The molecule has 1 aromatic carbocycles. The first-order valence-electron chi connectivity index (χ1n) is 6.35. The van der Waals surface area contributed by atoms with Crippen LogP contribution in [0.4, 0.5) is 0 Å². The van der Waals surface area contributed by atoms with E-state index < -0.39 is 0 Å². The Hall–Kier alpha value is -1.71. The predicted molar refractivity (Wildman–Crippen MR) is 74.1 cm³/mol. The number of nitrogens with two attached hydrogens (primary N) is 1. The summed E-state index contributed by atoms with van der Waals surface area (Å²) in [6.07, 6.45) is 1.07. The fourth-order valence-electron chi connectivity index (χ4n) is 1.97. The van der Waals surface area contributed by atoms with Crippen molar-refractivity contribution in [1.29, 1.82) is 0 Å². The third kappa shape index (κ3) is 2.94. The molecule has 0 unspecified atom stereocenters. The molecule has 0 aliphatic heterocycles. The second-order valence-corrected chi connectivity index (χ2v) is 4.80. The Morgan fingerprint density at radius 2 is 2.28 bits per heavy atom. The van der Waals surface area contributed by atoms with Crippen molar-refractivity contribution in [2.75, 3.05) is 20.7 Å². The second-order valence-electron chi connectivity index (χ2n) is 4.80. The number of nitrogens with zero attached hydrogens (tertiary/aromatic N) is 2. The number of hydrogen-bond acceptors (Lipinski definition) is 2. The van der Waals surface area contributed by atoms with Crippen LogP contribution in [0.2, 0.25) is 0 Å². The zero-order valence-corrected chi connectivity index (χ0v) is 11.3. The summed E-state index contributed by atoms with van der Waals surface area (Å²) in [6.45, 7) is 2.69. The van der Waals surface area contributed by atoms with Gasteiger partial charge < -0.3 is 15.4 Å². The van der Waals surface area contributed by atoms with Crippen LogP contribution in [0.5, 0.6) is 5.75 Å². The van der Waals surface area contributed by atoms with E-state index in [0.717, 1.165) is 12.2 Å². The number of guanidine groups is 1. The maximum absolute atomic E-state index is 5.83. The third-order valence-corrected chi connectivity index (χ3v) is 3.11. The molecular weight excluding hydrogens is 226 g/mol. The van der Waals surface area contributed by atoms with Gasteiger partial charge >= 0.3 is 0 Å². The third-order valence-electron chi connectivity index (χ3n) is 3.11. The van der Waals surface area contributed by atoms with E-state index in [0.29, 0.717) is 24.5 Å². The maximum Gasteiger partial charge on any atom is 0.191 e. The molecule has 0 spiro atoms. The lowest BCUT2D eigenvalue weighted by atomic mass is 10.1. The average molecular weight is 247 g/mol. The predicted octanol–water partition coefficient (Wildman–Crippen LogP) is 1.82. The first-order valence-corrected chi connectivity index (χ1v) is 6.35. The van der Waals surface area contributed by atoms with Crippen molar-refractivity contribution in [2.45, 2.75) is 25.3 Å². The summed E-state index contributed by atoms with van der Waals surface area (Å²) in [5.74, 6) is 2.03. The average Bonchev–Trinajstić information content (AvgIpc) is 3.09. The number of hydrogen-bond donors (Lipinski definition) is 1. The molecule has 1 fully saturated rings. The molecule has 0 radical (unpaired) electrons. The molecule has 1 aromatic rings. The van der Waals surface area contributed by atoms with E-state index in [1.54, 1.807) is 0 Å². The molecule has 4 nitrogen and oxygen atoms in total. The van der Waals surface area contributed by atoms with Gasteiger partial charge in [-0.1, -0.05) is 12.1 Å². The monoisotopic (exact) mass is 247 g/mol. The Morgan fingerprint density at radius 1 is 1.50 bits per heavy atom. The van der Waals surface area contributed by atoms with Crippen molar-refractivity contribution in [3.8, 4) is 5.75 Å². The highest BCUT2D eigenvalue weighted by Crippen LogP contribution is 2.44. The van der Waals surface area contributed by atoms with Crippen LogP contribution in [-0.2, 0) is 0 Å². The van der Waals surface area contributed by atoms with Gasteiger partial charge in [0.15, 0.2) is 5.96 Å². The van der Waals surface area contributed by atoms with Crippen molar-refractivity contribution in [3.63, 3.8) is 0 Å². The van der Waals surface area contributed by atoms with Gasteiger partial charge in [0.2, 0.25) is 0 Å². The van der Waals surface area contributed by atoms with Gasteiger partial charge in [-0.3, -0.25) is 0 Å². The highest BCUT2D eigenvalue weighted by molar-refractivity contribution is 5.78. The van der Waals surface area contributed by atoms with E-state index in [2.05, 4.69) is 17.1 Å².